The Hall–Kier alpha value is -1.73. The van der Waals surface area contributed by atoms with Gasteiger partial charge in [-0.2, -0.15) is 8.42 Å². The maximum atomic E-state index is 12.4. The van der Waals surface area contributed by atoms with Crippen LogP contribution in [0, 0.1) is 0 Å². The second kappa shape index (κ2) is 6.82. The first-order chi connectivity index (χ1) is 10.1. The number of anilines is 2. The van der Waals surface area contributed by atoms with E-state index in [2.05, 4.69) is 15.0 Å². The van der Waals surface area contributed by atoms with Gasteiger partial charge < -0.3 is 5.32 Å². The monoisotopic (exact) mass is 323 g/mol. The van der Waals surface area contributed by atoms with Crippen LogP contribution in [0.1, 0.15) is 6.92 Å². The van der Waals surface area contributed by atoms with E-state index in [4.69, 9.17) is 0 Å². The first-order valence-electron chi connectivity index (χ1n) is 6.42. The molecule has 0 aliphatic carbocycles. The zero-order valence-electron chi connectivity index (χ0n) is 11.8. The SMILES string of the molecule is CCNc1cccnc1S(=O)(=O)Nc1ccc(SC)cc1. The fraction of sp³-hybridized carbons (Fsp3) is 0.214. The number of aromatic nitrogens is 1. The van der Waals surface area contributed by atoms with Gasteiger partial charge in [0.25, 0.3) is 10.0 Å². The second-order valence-electron chi connectivity index (χ2n) is 4.22. The largest absolute Gasteiger partial charge is 0.383 e. The van der Waals surface area contributed by atoms with Crippen molar-refractivity contribution in [3.63, 3.8) is 0 Å². The van der Waals surface area contributed by atoms with Crippen molar-refractivity contribution < 1.29 is 8.42 Å². The summed E-state index contributed by atoms with van der Waals surface area (Å²) in [6.07, 6.45) is 3.43. The van der Waals surface area contributed by atoms with Crippen LogP contribution in [0.5, 0.6) is 0 Å². The number of nitrogens with one attached hydrogen (secondary N) is 2. The smallest absolute Gasteiger partial charge is 0.281 e. The molecule has 0 saturated carbocycles. The number of nitrogens with zero attached hydrogens (tertiary/aromatic N) is 1. The van der Waals surface area contributed by atoms with E-state index in [1.807, 2.05) is 25.3 Å². The summed E-state index contributed by atoms with van der Waals surface area (Å²) in [7, 11) is -3.72. The summed E-state index contributed by atoms with van der Waals surface area (Å²) < 4.78 is 27.4. The Kier molecular flexibility index (Phi) is 5.08. The lowest BCUT2D eigenvalue weighted by Crippen LogP contribution is -2.16. The minimum atomic E-state index is -3.72. The summed E-state index contributed by atoms with van der Waals surface area (Å²) in [5.74, 6) is 0. The third-order valence-corrected chi connectivity index (χ3v) is 4.82. The van der Waals surface area contributed by atoms with Crippen LogP contribution in [-0.2, 0) is 10.0 Å². The van der Waals surface area contributed by atoms with E-state index in [1.54, 1.807) is 36.0 Å². The molecule has 0 saturated heterocycles. The normalized spacial score (nSPS) is 11.1. The van der Waals surface area contributed by atoms with Crippen molar-refractivity contribution in [2.24, 2.45) is 0 Å². The topological polar surface area (TPSA) is 71.1 Å². The van der Waals surface area contributed by atoms with Crippen LogP contribution in [0.15, 0.2) is 52.5 Å². The van der Waals surface area contributed by atoms with Crippen LogP contribution >= 0.6 is 11.8 Å². The lowest BCUT2D eigenvalue weighted by Gasteiger charge is -2.12. The third-order valence-electron chi connectivity index (χ3n) is 2.74. The van der Waals surface area contributed by atoms with Crippen LogP contribution in [0.4, 0.5) is 11.4 Å². The number of pyridine rings is 1. The molecule has 0 aliphatic rings. The van der Waals surface area contributed by atoms with E-state index in [-0.39, 0.29) is 5.03 Å². The maximum absolute atomic E-state index is 12.4. The van der Waals surface area contributed by atoms with Gasteiger partial charge in [0.05, 0.1) is 5.69 Å². The zero-order valence-corrected chi connectivity index (χ0v) is 13.5. The number of rotatable bonds is 6. The Labute approximate surface area is 129 Å². The van der Waals surface area contributed by atoms with Crippen LogP contribution in [0.2, 0.25) is 0 Å². The van der Waals surface area contributed by atoms with Crippen molar-refractivity contribution >= 4 is 33.2 Å². The van der Waals surface area contributed by atoms with Crippen molar-refractivity contribution in [3.8, 4) is 0 Å². The molecule has 5 nitrogen and oxygen atoms in total. The molecule has 0 radical (unpaired) electrons. The highest BCUT2D eigenvalue weighted by molar-refractivity contribution is 7.98. The van der Waals surface area contributed by atoms with Crippen LogP contribution < -0.4 is 10.0 Å². The quantitative estimate of drug-likeness (QED) is 0.800. The molecule has 112 valence electrons. The minimum absolute atomic E-state index is 0.000734. The number of hydrogen-bond donors (Lipinski definition) is 2. The molecule has 7 heteroatoms. The van der Waals surface area contributed by atoms with Gasteiger partial charge in [-0.3, -0.25) is 4.72 Å². The molecule has 0 unspecified atom stereocenters. The lowest BCUT2D eigenvalue weighted by molar-refractivity contribution is 0.598. The predicted molar refractivity (Wildman–Crippen MR) is 87.4 cm³/mol. The Morgan fingerprint density at radius 3 is 2.52 bits per heavy atom. The first-order valence-corrected chi connectivity index (χ1v) is 9.13. The van der Waals surface area contributed by atoms with Gasteiger partial charge in [-0.05, 0) is 49.6 Å². The van der Waals surface area contributed by atoms with Crippen molar-refractivity contribution in [3.05, 3.63) is 42.6 Å². The second-order valence-corrected chi connectivity index (χ2v) is 6.70. The summed E-state index contributed by atoms with van der Waals surface area (Å²) in [5.41, 5.74) is 1.01. The fourth-order valence-electron chi connectivity index (χ4n) is 1.79. The van der Waals surface area contributed by atoms with Crippen LogP contribution in [0.25, 0.3) is 0 Å². The number of sulfonamides is 1. The highest BCUT2D eigenvalue weighted by Gasteiger charge is 2.19. The molecule has 0 spiro atoms. The highest BCUT2D eigenvalue weighted by Crippen LogP contribution is 2.23. The average Bonchev–Trinajstić information content (AvgIpc) is 2.48. The Bertz CT molecular complexity index is 700. The van der Waals surface area contributed by atoms with E-state index in [9.17, 15) is 8.42 Å². The molecule has 0 amide bonds. The maximum Gasteiger partial charge on any atom is 0.281 e. The van der Waals surface area contributed by atoms with E-state index in [1.165, 1.54) is 6.20 Å². The summed E-state index contributed by atoms with van der Waals surface area (Å²) in [6.45, 7) is 2.52. The van der Waals surface area contributed by atoms with Gasteiger partial charge in [0.2, 0.25) is 0 Å². The molecule has 0 bridgehead atoms. The molecule has 2 rings (SSSR count). The molecule has 2 N–H and O–H groups in total. The van der Waals surface area contributed by atoms with Crippen LogP contribution in [0.3, 0.4) is 0 Å². The van der Waals surface area contributed by atoms with Gasteiger partial charge in [0.15, 0.2) is 5.03 Å². The summed E-state index contributed by atoms with van der Waals surface area (Å²) in [5, 5.41) is 3.00. The van der Waals surface area contributed by atoms with Gasteiger partial charge in [-0.1, -0.05) is 0 Å². The number of benzene rings is 1. The van der Waals surface area contributed by atoms with E-state index >= 15 is 0 Å². The van der Waals surface area contributed by atoms with Gasteiger partial charge >= 0.3 is 0 Å². The third kappa shape index (κ3) is 3.89. The Balaban J connectivity index is 2.29. The van der Waals surface area contributed by atoms with Gasteiger partial charge in [0, 0.05) is 23.3 Å². The average molecular weight is 323 g/mol. The predicted octanol–water partition coefficient (Wildman–Crippen LogP) is 3.04. The van der Waals surface area contributed by atoms with E-state index < -0.39 is 10.0 Å². The highest BCUT2D eigenvalue weighted by atomic mass is 32.2. The van der Waals surface area contributed by atoms with Gasteiger partial charge in [-0.25, -0.2) is 4.98 Å². The standard InChI is InChI=1S/C14H17N3O2S2/c1-3-15-13-5-4-10-16-14(13)21(18,19)17-11-6-8-12(20-2)9-7-11/h4-10,15,17H,3H2,1-2H3. The van der Waals surface area contributed by atoms with E-state index in [0.717, 1.165) is 4.90 Å². The zero-order chi connectivity index (χ0) is 15.3. The van der Waals surface area contributed by atoms with Crippen molar-refractivity contribution in [1.82, 2.24) is 4.98 Å². The number of hydrogen-bond acceptors (Lipinski definition) is 5. The lowest BCUT2D eigenvalue weighted by atomic mass is 10.3. The van der Waals surface area contributed by atoms with Gasteiger partial charge in [-0.15, -0.1) is 11.8 Å². The van der Waals surface area contributed by atoms with Crippen molar-refractivity contribution in [1.29, 1.82) is 0 Å². The molecular formula is C14H17N3O2S2. The minimum Gasteiger partial charge on any atom is -0.383 e. The Morgan fingerprint density at radius 1 is 1.19 bits per heavy atom. The Morgan fingerprint density at radius 2 is 1.90 bits per heavy atom. The van der Waals surface area contributed by atoms with E-state index in [0.29, 0.717) is 17.9 Å². The van der Waals surface area contributed by atoms with Crippen molar-refractivity contribution in [2.75, 3.05) is 22.8 Å². The van der Waals surface area contributed by atoms with Gasteiger partial charge in [0.1, 0.15) is 0 Å². The fourth-order valence-corrected chi connectivity index (χ4v) is 3.37. The molecule has 2 aromatic rings. The van der Waals surface area contributed by atoms with Crippen molar-refractivity contribution in [2.45, 2.75) is 16.8 Å². The molecule has 0 aliphatic heterocycles. The molecule has 1 heterocycles. The molecule has 0 fully saturated rings. The number of thioether (sulfide) groups is 1. The summed E-state index contributed by atoms with van der Waals surface area (Å²) in [6, 6.07) is 10.6. The molecular weight excluding hydrogens is 306 g/mol. The summed E-state index contributed by atoms with van der Waals surface area (Å²) >= 11 is 1.60. The molecule has 1 aromatic heterocycles. The molecule has 1 aromatic carbocycles. The first kappa shape index (κ1) is 15.7. The van der Waals surface area contributed by atoms with Crippen LogP contribution in [-0.4, -0.2) is 26.2 Å². The summed E-state index contributed by atoms with van der Waals surface area (Å²) in [4.78, 5) is 5.06. The molecule has 0 atom stereocenters. The molecule has 21 heavy (non-hydrogen) atoms.